The molecule has 0 aliphatic carbocycles. The van der Waals surface area contributed by atoms with E-state index >= 15 is 0 Å². The second kappa shape index (κ2) is 7.32. The minimum Gasteiger partial charge on any atom is -0.414 e. The van der Waals surface area contributed by atoms with Gasteiger partial charge in [-0.1, -0.05) is 20.8 Å². The smallest absolute Gasteiger partial charge is 0.192 e. The summed E-state index contributed by atoms with van der Waals surface area (Å²) in [6, 6.07) is 0. The molecule has 0 aromatic carbocycles. The molecule has 10 heteroatoms. The van der Waals surface area contributed by atoms with E-state index in [9.17, 15) is 5.11 Å². The molecular formula is C17H29N5O3SSi. The van der Waals surface area contributed by atoms with Gasteiger partial charge in [-0.2, -0.15) is 11.8 Å². The van der Waals surface area contributed by atoms with Crippen molar-refractivity contribution in [1.82, 2.24) is 19.5 Å². The van der Waals surface area contributed by atoms with E-state index in [-0.39, 0.29) is 10.3 Å². The molecular weight excluding hydrogens is 382 g/mol. The lowest BCUT2D eigenvalue weighted by Gasteiger charge is -2.37. The van der Waals surface area contributed by atoms with E-state index in [0.717, 1.165) is 0 Å². The largest absolute Gasteiger partial charge is 0.414 e. The Morgan fingerprint density at radius 3 is 2.67 bits per heavy atom. The van der Waals surface area contributed by atoms with Crippen molar-refractivity contribution in [2.45, 2.75) is 62.6 Å². The number of aliphatic hydroxyl groups excluding tert-OH is 1. The molecule has 3 rings (SSSR count). The van der Waals surface area contributed by atoms with Crippen molar-refractivity contribution in [3.05, 3.63) is 12.7 Å². The number of nitrogen functional groups attached to an aromatic ring is 1. The minimum absolute atomic E-state index is 0.101. The number of imidazole rings is 1. The topological polar surface area (TPSA) is 108 Å². The molecule has 27 heavy (non-hydrogen) atoms. The van der Waals surface area contributed by atoms with Crippen LogP contribution in [-0.2, 0) is 9.16 Å². The van der Waals surface area contributed by atoms with Gasteiger partial charge < -0.3 is 20.0 Å². The van der Waals surface area contributed by atoms with E-state index in [1.807, 2.05) is 10.8 Å². The van der Waals surface area contributed by atoms with Gasteiger partial charge in [0, 0.05) is 0 Å². The molecule has 2 aromatic rings. The molecule has 0 radical (unpaired) electrons. The molecule has 2 aromatic heterocycles. The molecule has 1 fully saturated rings. The van der Waals surface area contributed by atoms with Crippen molar-refractivity contribution in [3.8, 4) is 0 Å². The number of nitrogens with two attached hydrogens (primary N) is 1. The molecule has 8 nitrogen and oxygen atoms in total. The molecule has 3 N–H and O–H groups in total. The quantitative estimate of drug-likeness (QED) is 0.722. The first-order valence-electron chi connectivity index (χ1n) is 9.00. The number of aromatic nitrogens is 4. The maximum absolute atomic E-state index is 10.8. The molecule has 0 spiro atoms. The zero-order valence-corrected chi connectivity index (χ0v) is 18.5. The molecule has 1 saturated heterocycles. The second-order valence-electron chi connectivity index (χ2n) is 8.41. The van der Waals surface area contributed by atoms with E-state index in [4.69, 9.17) is 14.9 Å². The van der Waals surface area contributed by atoms with Crippen LogP contribution in [0.5, 0.6) is 0 Å². The Labute approximate surface area is 165 Å². The highest BCUT2D eigenvalue weighted by Crippen LogP contribution is 2.40. The standard InChI is InChI=1S/C17H29N5O3SSi/c1-17(2,3)27(5,6)24-7-10-12(23)13(26-4)16(25-10)22-9-21-11-14(18)19-8-20-15(11)22/h8-10,12-13,16,23H,7H2,1-6H3,(H2,18,19,20)/t10-,12-,13+,16-/m1/s1. The van der Waals surface area contributed by atoms with Crippen molar-refractivity contribution in [3.63, 3.8) is 0 Å². The van der Waals surface area contributed by atoms with Crippen LogP contribution in [-0.4, -0.2) is 63.3 Å². The summed E-state index contributed by atoms with van der Waals surface area (Å²) in [5.74, 6) is 0.329. The lowest BCUT2D eigenvalue weighted by atomic mass is 10.2. The Kier molecular flexibility index (Phi) is 5.57. The number of thioether (sulfide) groups is 1. The number of rotatable bonds is 5. The van der Waals surface area contributed by atoms with E-state index in [1.54, 1.807) is 18.1 Å². The molecule has 0 amide bonds. The van der Waals surface area contributed by atoms with Crippen LogP contribution in [0, 0.1) is 0 Å². The van der Waals surface area contributed by atoms with Crippen LogP contribution in [0.4, 0.5) is 5.82 Å². The highest BCUT2D eigenvalue weighted by Gasteiger charge is 2.46. The van der Waals surface area contributed by atoms with Crippen molar-refractivity contribution >= 4 is 37.1 Å². The predicted octanol–water partition coefficient (Wildman–Crippen LogP) is 2.42. The summed E-state index contributed by atoms with van der Waals surface area (Å²) >= 11 is 1.56. The first-order valence-corrected chi connectivity index (χ1v) is 13.2. The maximum atomic E-state index is 10.8. The number of hydrogen-bond acceptors (Lipinski definition) is 8. The van der Waals surface area contributed by atoms with E-state index in [1.165, 1.54) is 6.33 Å². The third-order valence-corrected chi connectivity index (χ3v) is 11.2. The van der Waals surface area contributed by atoms with Gasteiger partial charge in [0.1, 0.15) is 17.9 Å². The van der Waals surface area contributed by atoms with E-state index < -0.39 is 26.8 Å². The molecule has 1 aliphatic rings. The van der Waals surface area contributed by atoms with Gasteiger partial charge >= 0.3 is 0 Å². The minimum atomic E-state index is -1.93. The fourth-order valence-corrected chi connectivity index (χ4v) is 4.79. The van der Waals surface area contributed by atoms with Crippen LogP contribution in [0.25, 0.3) is 11.2 Å². The predicted molar refractivity (Wildman–Crippen MR) is 110 cm³/mol. The van der Waals surface area contributed by atoms with Gasteiger partial charge in [0.25, 0.3) is 0 Å². The van der Waals surface area contributed by atoms with Crippen LogP contribution in [0.3, 0.4) is 0 Å². The number of aliphatic hydroxyl groups is 1. The number of fused-ring (bicyclic) bond motifs is 1. The Balaban J connectivity index is 1.82. The van der Waals surface area contributed by atoms with Crippen molar-refractivity contribution in [2.75, 3.05) is 18.6 Å². The first kappa shape index (κ1) is 20.5. The first-order chi connectivity index (χ1) is 12.6. The van der Waals surface area contributed by atoms with E-state index in [2.05, 4.69) is 48.8 Å². The van der Waals surface area contributed by atoms with Crippen molar-refractivity contribution < 1.29 is 14.3 Å². The fourth-order valence-electron chi connectivity index (χ4n) is 2.90. The Hall–Kier alpha value is -1.20. The monoisotopic (exact) mass is 411 g/mol. The van der Waals surface area contributed by atoms with Gasteiger partial charge in [0.05, 0.1) is 24.3 Å². The summed E-state index contributed by atoms with van der Waals surface area (Å²) in [6.45, 7) is 11.3. The summed E-state index contributed by atoms with van der Waals surface area (Å²) in [6.07, 6.45) is 3.57. The number of hydrogen-bond donors (Lipinski definition) is 2. The third kappa shape index (κ3) is 3.73. The van der Waals surface area contributed by atoms with Crippen LogP contribution < -0.4 is 5.73 Å². The number of nitrogens with zero attached hydrogens (tertiary/aromatic N) is 4. The Morgan fingerprint density at radius 2 is 2.04 bits per heavy atom. The Morgan fingerprint density at radius 1 is 1.33 bits per heavy atom. The summed E-state index contributed by atoms with van der Waals surface area (Å²) in [5, 5.41) is 10.8. The molecule has 0 saturated carbocycles. The van der Waals surface area contributed by atoms with Crippen LogP contribution in [0.1, 0.15) is 27.0 Å². The second-order valence-corrected chi connectivity index (χ2v) is 14.2. The average Bonchev–Trinajstić information content (AvgIpc) is 3.14. The zero-order valence-electron chi connectivity index (χ0n) is 16.7. The third-order valence-electron chi connectivity index (χ3n) is 5.66. The summed E-state index contributed by atoms with van der Waals surface area (Å²) in [4.78, 5) is 12.6. The molecule has 4 atom stereocenters. The zero-order chi connectivity index (χ0) is 20.0. The molecule has 1 aliphatic heterocycles. The normalized spacial score (nSPS) is 26.8. The summed E-state index contributed by atoms with van der Waals surface area (Å²) < 4.78 is 14.3. The van der Waals surface area contributed by atoms with Crippen LogP contribution in [0.2, 0.25) is 18.1 Å². The van der Waals surface area contributed by atoms with Crippen molar-refractivity contribution in [2.24, 2.45) is 0 Å². The molecule has 0 bridgehead atoms. The maximum Gasteiger partial charge on any atom is 0.192 e. The van der Waals surface area contributed by atoms with Gasteiger partial charge in [-0.05, 0) is 24.4 Å². The number of anilines is 1. The lowest BCUT2D eigenvalue weighted by Crippen LogP contribution is -2.44. The molecule has 0 unspecified atom stereocenters. The fraction of sp³-hybridized carbons (Fsp3) is 0.706. The SMILES string of the molecule is CS[C@H]1[C@H](O)[C@@H](CO[Si](C)(C)C(C)(C)C)O[C@H]1n1cnc2c(N)ncnc21. The van der Waals surface area contributed by atoms with E-state index in [0.29, 0.717) is 23.6 Å². The summed E-state index contributed by atoms with van der Waals surface area (Å²) in [7, 11) is -1.93. The average molecular weight is 412 g/mol. The molecule has 150 valence electrons. The van der Waals surface area contributed by atoms with Gasteiger partial charge in [-0.15, -0.1) is 0 Å². The van der Waals surface area contributed by atoms with Gasteiger partial charge in [0.2, 0.25) is 0 Å². The lowest BCUT2D eigenvalue weighted by molar-refractivity contribution is -0.0403. The van der Waals surface area contributed by atoms with Gasteiger partial charge in [-0.3, -0.25) is 4.57 Å². The molecule has 3 heterocycles. The van der Waals surface area contributed by atoms with Crippen molar-refractivity contribution in [1.29, 1.82) is 0 Å². The highest BCUT2D eigenvalue weighted by molar-refractivity contribution is 7.99. The van der Waals surface area contributed by atoms with Gasteiger partial charge in [0.15, 0.2) is 26.0 Å². The Bertz CT molecular complexity index is 809. The number of ether oxygens (including phenoxy) is 1. The van der Waals surface area contributed by atoms with Gasteiger partial charge in [-0.25, -0.2) is 15.0 Å². The highest BCUT2D eigenvalue weighted by atomic mass is 32.2. The van der Waals surface area contributed by atoms with Crippen LogP contribution >= 0.6 is 11.8 Å². The van der Waals surface area contributed by atoms with Crippen LogP contribution in [0.15, 0.2) is 12.7 Å². The summed E-state index contributed by atoms with van der Waals surface area (Å²) in [5.41, 5.74) is 7.03.